The number of nitrogens with one attached hydrogen (secondary N) is 1. The molecule has 1 aromatic heterocycles. The number of carbonyl (C=O) groups is 1. The lowest BCUT2D eigenvalue weighted by Crippen LogP contribution is -2.19. The SMILES string of the molecule is NC(=O)Nc1ccc(-c2cscn2)cc1. The number of carbonyl (C=O) groups excluding carboxylic acids is 1. The zero-order chi connectivity index (χ0) is 10.7. The van der Waals surface area contributed by atoms with Gasteiger partial charge in [0.15, 0.2) is 0 Å². The molecule has 1 aromatic carbocycles. The molecule has 2 rings (SSSR count). The predicted octanol–water partition coefficient (Wildman–Crippen LogP) is 2.30. The van der Waals surface area contributed by atoms with Crippen LogP contribution in [-0.2, 0) is 0 Å². The molecule has 15 heavy (non-hydrogen) atoms. The van der Waals surface area contributed by atoms with Crippen molar-refractivity contribution in [1.82, 2.24) is 4.98 Å². The summed E-state index contributed by atoms with van der Waals surface area (Å²) in [6.45, 7) is 0. The van der Waals surface area contributed by atoms with Crippen molar-refractivity contribution >= 4 is 23.1 Å². The summed E-state index contributed by atoms with van der Waals surface area (Å²) in [6.07, 6.45) is 0. The number of thiazole rings is 1. The van der Waals surface area contributed by atoms with Crippen LogP contribution in [0.3, 0.4) is 0 Å². The van der Waals surface area contributed by atoms with Crippen molar-refractivity contribution < 1.29 is 4.79 Å². The molecule has 0 bridgehead atoms. The molecule has 0 aliphatic carbocycles. The standard InChI is InChI=1S/C10H9N3OS/c11-10(14)13-8-3-1-7(2-4-8)9-5-15-6-12-9/h1-6H,(H3,11,13,14). The molecule has 0 saturated heterocycles. The van der Waals surface area contributed by atoms with Gasteiger partial charge in [0.25, 0.3) is 0 Å². The molecule has 3 N–H and O–H groups in total. The predicted molar refractivity (Wildman–Crippen MR) is 60.8 cm³/mol. The van der Waals surface area contributed by atoms with E-state index in [1.165, 1.54) is 0 Å². The summed E-state index contributed by atoms with van der Waals surface area (Å²) in [7, 11) is 0. The van der Waals surface area contributed by atoms with E-state index < -0.39 is 6.03 Å². The summed E-state index contributed by atoms with van der Waals surface area (Å²) in [5.41, 5.74) is 9.42. The van der Waals surface area contributed by atoms with Gasteiger partial charge in [0.1, 0.15) is 0 Å². The van der Waals surface area contributed by atoms with E-state index in [2.05, 4.69) is 10.3 Å². The number of rotatable bonds is 2. The average Bonchev–Trinajstić information content (AvgIpc) is 2.71. The first-order valence-electron chi connectivity index (χ1n) is 4.31. The molecule has 0 fully saturated rings. The van der Waals surface area contributed by atoms with Crippen molar-refractivity contribution in [2.45, 2.75) is 0 Å². The van der Waals surface area contributed by atoms with Gasteiger partial charge in [-0.15, -0.1) is 11.3 Å². The van der Waals surface area contributed by atoms with Gasteiger partial charge in [0.2, 0.25) is 0 Å². The second kappa shape index (κ2) is 4.10. The van der Waals surface area contributed by atoms with E-state index in [4.69, 9.17) is 5.73 Å². The molecule has 5 heteroatoms. The Bertz CT molecular complexity index is 450. The molecule has 0 aliphatic heterocycles. The third kappa shape index (κ3) is 2.32. The van der Waals surface area contributed by atoms with E-state index in [1.54, 1.807) is 29.0 Å². The number of nitrogens with zero attached hydrogens (tertiary/aromatic N) is 1. The second-order valence-electron chi connectivity index (χ2n) is 2.94. The molecule has 0 radical (unpaired) electrons. The maximum Gasteiger partial charge on any atom is 0.316 e. The Morgan fingerprint density at radius 2 is 2.07 bits per heavy atom. The van der Waals surface area contributed by atoms with Gasteiger partial charge in [0.05, 0.1) is 11.2 Å². The fourth-order valence-electron chi connectivity index (χ4n) is 1.22. The second-order valence-corrected chi connectivity index (χ2v) is 3.66. The Morgan fingerprint density at radius 3 is 2.60 bits per heavy atom. The van der Waals surface area contributed by atoms with E-state index in [0.29, 0.717) is 5.69 Å². The number of hydrogen-bond donors (Lipinski definition) is 2. The number of aromatic nitrogens is 1. The Labute approximate surface area is 90.8 Å². The molecule has 2 aromatic rings. The molecule has 0 aliphatic rings. The first kappa shape index (κ1) is 9.67. The van der Waals surface area contributed by atoms with Crippen molar-refractivity contribution in [3.63, 3.8) is 0 Å². The third-order valence-electron chi connectivity index (χ3n) is 1.88. The zero-order valence-electron chi connectivity index (χ0n) is 7.81. The van der Waals surface area contributed by atoms with Gasteiger partial charge in [0, 0.05) is 16.6 Å². The lowest BCUT2D eigenvalue weighted by molar-refractivity contribution is 0.259. The average molecular weight is 219 g/mol. The highest BCUT2D eigenvalue weighted by atomic mass is 32.1. The number of amides is 2. The Balaban J connectivity index is 2.21. The minimum absolute atomic E-state index is 0.559. The molecule has 4 nitrogen and oxygen atoms in total. The number of hydrogen-bond acceptors (Lipinski definition) is 3. The molecule has 0 saturated carbocycles. The topological polar surface area (TPSA) is 68.0 Å². The van der Waals surface area contributed by atoms with Crippen LogP contribution < -0.4 is 11.1 Å². The minimum Gasteiger partial charge on any atom is -0.351 e. The van der Waals surface area contributed by atoms with Crippen LogP contribution in [0.1, 0.15) is 0 Å². The van der Waals surface area contributed by atoms with Gasteiger partial charge in [-0.2, -0.15) is 0 Å². The Kier molecular flexibility index (Phi) is 2.64. The Hall–Kier alpha value is -1.88. The number of nitrogens with two attached hydrogens (primary N) is 1. The van der Waals surface area contributed by atoms with E-state index in [-0.39, 0.29) is 0 Å². The molecule has 0 unspecified atom stereocenters. The van der Waals surface area contributed by atoms with Crippen molar-refractivity contribution in [3.8, 4) is 11.3 Å². The van der Waals surface area contributed by atoms with Gasteiger partial charge >= 0.3 is 6.03 Å². The summed E-state index contributed by atoms with van der Waals surface area (Å²) in [4.78, 5) is 14.8. The molecule has 1 heterocycles. The van der Waals surface area contributed by atoms with E-state index in [9.17, 15) is 4.79 Å². The van der Waals surface area contributed by atoms with Crippen LogP contribution in [0.15, 0.2) is 35.2 Å². The fraction of sp³-hybridized carbons (Fsp3) is 0. The molecule has 76 valence electrons. The van der Waals surface area contributed by atoms with Gasteiger partial charge in [-0.1, -0.05) is 12.1 Å². The number of primary amides is 1. The maximum atomic E-state index is 10.6. The molecular weight excluding hydrogens is 210 g/mol. The normalized spacial score (nSPS) is 9.87. The summed E-state index contributed by atoms with van der Waals surface area (Å²) in [5, 5.41) is 4.47. The molecule has 2 amide bonds. The lowest BCUT2D eigenvalue weighted by Gasteiger charge is -2.02. The summed E-state index contributed by atoms with van der Waals surface area (Å²) in [6, 6.07) is 6.80. The van der Waals surface area contributed by atoms with Gasteiger partial charge in [-0.25, -0.2) is 9.78 Å². The quantitative estimate of drug-likeness (QED) is 0.813. The maximum absolute atomic E-state index is 10.6. The highest BCUT2D eigenvalue weighted by molar-refractivity contribution is 7.07. The first-order valence-corrected chi connectivity index (χ1v) is 5.25. The molecule has 0 atom stereocenters. The van der Waals surface area contributed by atoms with Crippen LogP contribution in [0.2, 0.25) is 0 Å². The number of benzene rings is 1. The van der Waals surface area contributed by atoms with E-state index in [1.807, 2.05) is 17.5 Å². The number of urea groups is 1. The molecule has 0 spiro atoms. The Morgan fingerprint density at radius 1 is 1.33 bits per heavy atom. The van der Waals surface area contributed by atoms with Gasteiger partial charge < -0.3 is 11.1 Å². The number of anilines is 1. The van der Waals surface area contributed by atoms with Crippen LogP contribution in [0.4, 0.5) is 10.5 Å². The van der Waals surface area contributed by atoms with E-state index in [0.717, 1.165) is 11.3 Å². The van der Waals surface area contributed by atoms with Crippen LogP contribution in [0, 0.1) is 0 Å². The largest absolute Gasteiger partial charge is 0.351 e. The monoisotopic (exact) mass is 219 g/mol. The van der Waals surface area contributed by atoms with Crippen molar-refractivity contribution in [2.24, 2.45) is 5.73 Å². The van der Waals surface area contributed by atoms with Crippen molar-refractivity contribution in [2.75, 3.05) is 5.32 Å². The minimum atomic E-state index is -0.559. The van der Waals surface area contributed by atoms with Crippen LogP contribution >= 0.6 is 11.3 Å². The van der Waals surface area contributed by atoms with Crippen LogP contribution in [0.5, 0.6) is 0 Å². The fourth-order valence-corrected chi connectivity index (χ4v) is 1.78. The van der Waals surface area contributed by atoms with Crippen LogP contribution in [0.25, 0.3) is 11.3 Å². The smallest absolute Gasteiger partial charge is 0.316 e. The highest BCUT2D eigenvalue weighted by Crippen LogP contribution is 2.20. The highest BCUT2D eigenvalue weighted by Gasteiger charge is 2.00. The van der Waals surface area contributed by atoms with Gasteiger partial charge in [-0.05, 0) is 12.1 Å². The summed E-state index contributed by atoms with van der Waals surface area (Å²) in [5.74, 6) is 0. The van der Waals surface area contributed by atoms with E-state index >= 15 is 0 Å². The zero-order valence-corrected chi connectivity index (χ0v) is 8.62. The van der Waals surface area contributed by atoms with Crippen LogP contribution in [-0.4, -0.2) is 11.0 Å². The summed E-state index contributed by atoms with van der Waals surface area (Å²) >= 11 is 1.55. The van der Waals surface area contributed by atoms with Crippen molar-refractivity contribution in [3.05, 3.63) is 35.2 Å². The van der Waals surface area contributed by atoms with Gasteiger partial charge in [-0.3, -0.25) is 0 Å². The lowest BCUT2D eigenvalue weighted by atomic mass is 10.1. The third-order valence-corrected chi connectivity index (χ3v) is 2.47. The summed E-state index contributed by atoms with van der Waals surface area (Å²) < 4.78 is 0. The first-order chi connectivity index (χ1) is 7.25. The van der Waals surface area contributed by atoms with Crippen molar-refractivity contribution in [1.29, 1.82) is 0 Å². The molecular formula is C10H9N3OS.